The topological polar surface area (TPSA) is 164 Å². The highest BCUT2D eigenvalue weighted by atomic mass is 19.1. The highest BCUT2D eigenvalue weighted by molar-refractivity contribution is 6.07. The van der Waals surface area contributed by atoms with Crippen LogP contribution in [0.5, 0.6) is 5.88 Å². The quantitative estimate of drug-likeness (QED) is 0.206. The predicted molar refractivity (Wildman–Crippen MR) is 175 cm³/mol. The third kappa shape index (κ3) is 6.32. The molecular weight excluding hydrogens is 633 g/mol. The van der Waals surface area contributed by atoms with Gasteiger partial charge in [0, 0.05) is 35.2 Å². The molecule has 3 aliphatic rings. The molecule has 1 saturated carbocycles. The Bertz CT molecular complexity index is 1990. The van der Waals surface area contributed by atoms with Gasteiger partial charge in [0.15, 0.2) is 5.69 Å². The highest BCUT2D eigenvalue weighted by Gasteiger charge is 2.61. The number of ether oxygens (including phenoxy) is 1. The van der Waals surface area contributed by atoms with Gasteiger partial charge in [-0.2, -0.15) is 0 Å². The van der Waals surface area contributed by atoms with Gasteiger partial charge in [-0.3, -0.25) is 14.4 Å². The Labute approximate surface area is 280 Å². The molecule has 2 fully saturated rings. The number of carbonyl (C=O) groups is 4. The lowest BCUT2D eigenvalue weighted by Crippen LogP contribution is -2.56. The number of hydrogen-bond acceptors (Lipinski definition) is 8. The Balaban J connectivity index is 1.22. The first-order valence-electron chi connectivity index (χ1n) is 16.5. The van der Waals surface area contributed by atoms with E-state index in [4.69, 9.17) is 9.26 Å². The van der Waals surface area contributed by atoms with Crippen molar-refractivity contribution in [1.29, 1.82) is 0 Å². The Hall–Kier alpha value is -5.33. The Morgan fingerprint density at radius 3 is 2.69 bits per heavy atom. The Kier molecular flexibility index (Phi) is 8.51. The van der Waals surface area contributed by atoms with Gasteiger partial charge in [-0.25, -0.2) is 14.2 Å². The molecule has 3 amide bonds. The third-order valence-electron chi connectivity index (χ3n) is 9.69. The number of aryl methyl sites for hydroxylation is 1. The van der Waals surface area contributed by atoms with Gasteiger partial charge in [0.25, 0.3) is 5.91 Å². The number of carboxylic acids is 1. The summed E-state index contributed by atoms with van der Waals surface area (Å²) in [5, 5.41) is 21.7. The molecule has 1 saturated heterocycles. The van der Waals surface area contributed by atoms with Crippen LogP contribution in [-0.4, -0.2) is 74.1 Å². The number of hydrogen-bond donors (Lipinski definition) is 3. The molecule has 2 aromatic heterocycles. The van der Waals surface area contributed by atoms with Crippen LogP contribution in [0.4, 0.5) is 4.39 Å². The second-order valence-corrected chi connectivity index (χ2v) is 13.1. The summed E-state index contributed by atoms with van der Waals surface area (Å²) in [6.07, 6.45) is 6.58. The minimum atomic E-state index is -1.47. The standard InChI is InChI=1S/C36H36FN5O7/c1-20-15-29(41-49-20)31(43)38-27-12-6-4-2-3-5-9-21-18-36(21,35(46)47)40-32(44)30-17-23(19-42(30)34(27)45)48-33-26-11-8-7-10-24(26)25-14-13-22(37)16-28(25)39-33/h5,7-11,13-16,21,23,27,30H,2-4,6,12,17-19H2,1H3,(H,38,43)(H,40,44)(H,46,47)/b9-5-/t21-,23-,27+,30+,36-/m1/s1. The van der Waals surface area contributed by atoms with E-state index in [1.54, 1.807) is 13.0 Å². The van der Waals surface area contributed by atoms with Crippen LogP contribution in [0.25, 0.3) is 21.7 Å². The van der Waals surface area contributed by atoms with Gasteiger partial charge in [0.1, 0.15) is 35.3 Å². The smallest absolute Gasteiger partial charge is 0.330 e. The van der Waals surface area contributed by atoms with E-state index >= 15 is 0 Å². The number of aromatic nitrogens is 2. The highest BCUT2D eigenvalue weighted by Crippen LogP contribution is 2.45. The Morgan fingerprint density at radius 1 is 1.10 bits per heavy atom. The molecule has 4 aromatic rings. The van der Waals surface area contributed by atoms with Gasteiger partial charge < -0.3 is 29.9 Å². The van der Waals surface area contributed by atoms with E-state index in [0.717, 1.165) is 30.0 Å². The van der Waals surface area contributed by atoms with E-state index in [2.05, 4.69) is 20.8 Å². The number of allylic oxidation sites excluding steroid dienone is 1. The van der Waals surface area contributed by atoms with Crippen LogP contribution in [0.3, 0.4) is 0 Å². The zero-order valence-electron chi connectivity index (χ0n) is 26.9. The summed E-state index contributed by atoms with van der Waals surface area (Å²) < 4.78 is 25.7. The zero-order chi connectivity index (χ0) is 34.3. The predicted octanol–water partition coefficient (Wildman–Crippen LogP) is 4.45. The summed E-state index contributed by atoms with van der Waals surface area (Å²) in [5.74, 6) is -3.02. The third-order valence-corrected chi connectivity index (χ3v) is 9.69. The molecule has 7 rings (SSSR count). The maximum atomic E-state index is 14.4. The molecule has 2 aliphatic heterocycles. The van der Waals surface area contributed by atoms with Gasteiger partial charge in [0.2, 0.25) is 17.7 Å². The van der Waals surface area contributed by atoms with Gasteiger partial charge in [-0.15, -0.1) is 0 Å². The average Bonchev–Trinajstić information content (AvgIpc) is 3.36. The second kappa shape index (κ2) is 12.9. The molecule has 13 heteroatoms. The fourth-order valence-corrected chi connectivity index (χ4v) is 7.00. The summed E-state index contributed by atoms with van der Waals surface area (Å²) in [5.41, 5.74) is -1.06. The Morgan fingerprint density at radius 2 is 1.92 bits per heavy atom. The maximum Gasteiger partial charge on any atom is 0.330 e. The van der Waals surface area contributed by atoms with E-state index in [-0.39, 0.29) is 36.9 Å². The van der Waals surface area contributed by atoms with E-state index in [1.165, 1.54) is 23.1 Å². The lowest BCUT2D eigenvalue weighted by Gasteiger charge is -2.29. The van der Waals surface area contributed by atoms with Gasteiger partial charge in [-0.1, -0.05) is 48.3 Å². The molecule has 0 spiro atoms. The normalized spacial score (nSPS) is 26.6. The average molecular weight is 670 g/mol. The van der Waals surface area contributed by atoms with Crippen molar-refractivity contribution >= 4 is 45.4 Å². The van der Waals surface area contributed by atoms with Gasteiger partial charge in [0.05, 0.1) is 12.1 Å². The molecule has 5 atom stereocenters. The lowest BCUT2D eigenvalue weighted by atomic mass is 10.0. The number of halogens is 1. The number of pyridine rings is 1. The molecule has 2 aromatic carbocycles. The van der Waals surface area contributed by atoms with Crippen molar-refractivity contribution in [2.45, 2.75) is 75.6 Å². The van der Waals surface area contributed by atoms with Gasteiger partial charge >= 0.3 is 5.97 Å². The summed E-state index contributed by atoms with van der Waals surface area (Å²) in [4.78, 5) is 59.9. The number of nitrogens with zero attached hydrogens (tertiary/aromatic N) is 3. The fraction of sp³-hybridized carbons (Fsp3) is 0.389. The number of amides is 3. The largest absolute Gasteiger partial charge is 0.479 e. The van der Waals surface area contributed by atoms with Gasteiger partial charge in [-0.05, 0) is 56.2 Å². The number of rotatable bonds is 5. The number of benzene rings is 2. The van der Waals surface area contributed by atoms with Crippen molar-refractivity contribution < 1.29 is 37.9 Å². The van der Waals surface area contributed by atoms with Crippen LogP contribution in [0.2, 0.25) is 0 Å². The molecule has 254 valence electrons. The molecule has 4 heterocycles. The first-order chi connectivity index (χ1) is 23.6. The first kappa shape index (κ1) is 32.2. The van der Waals surface area contributed by atoms with Crippen LogP contribution in [-0.2, 0) is 14.4 Å². The molecule has 3 N–H and O–H groups in total. The number of carboxylic acid groups (broad SMARTS) is 1. The lowest BCUT2D eigenvalue weighted by molar-refractivity contribution is -0.145. The van der Waals surface area contributed by atoms with Crippen LogP contribution >= 0.6 is 0 Å². The van der Waals surface area contributed by atoms with Crippen molar-refractivity contribution in [2.24, 2.45) is 5.92 Å². The second-order valence-electron chi connectivity index (χ2n) is 13.1. The molecule has 12 nitrogen and oxygen atoms in total. The maximum absolute atomic E-state index is 14.4. The van der Waals surface area contributed by atoms with Crippen molar-refractivity contribution in [1.82, 2.24) is 25.7 Å². The molecule has 49 heavy (non-hydrogen) atoms. The minimum absolute atomic E-state index is 0.0251. The van der Waals surface area contributed by atoms with E-state index in [9.17, 15) is 28.7 Å². The molecule has 0 radical (unpaired) electrons. The number of nitrogens with one attached hydrogen (secondary N) is 2. The van der Waals surface area contributed by atoms with Crippen LogP contribution in [0.15, 0.2) is 65.2 Å². The van der Waals surface area contributed by atoms with E-state index in [1.807, 2.05) is 36.4 Å². The monoisotopic (exact) mass is 669 g/mol. The van der Waals surface area contributed by atoms with Crippen molar-refractivity contribution in [2.75, 3.05) is 6.54 Å². The van der Waals surface area contributed by atoms with Crippen molar-refractivity contribution in [3.8, 4) is 5.88 Å². The summed E-state index contributed by atoms with van der Waals surface area (Å²) >= 11 is 0. The first-order valence-corrected chi connectivity index (χ1v) is 16.5. The zero-order valence-corrected chi connectivity index (χ0v) is 26.9. The molecular formula is C36H36FN5O7. The minimum Gasteiger partial charge on any atom is -0.479 e. The molecule has 1 aliphatic carbocycles. The van der Waals surface area contributed by atoms with E-state index in [0.29, 0.717) is 29.5 Å². The summed E-state index contributed by atoms with van der Waals surface area (Å²) in [6, 6.07) is 11.1. The summed E-state index contributed by atoms with van der Waals surface area (Å²) in [6.45, 7) is 1.62. The van der Waals surface area contributed by atoms with E-state index < -0.39 is 53.2 Å². The number of fused-ring (bicyclic) bond motifs is 5. The SMILES string of the molecule is Cc1cc(C(=O)N[C@H]2CCCCC/C=C\[C@@H]3C[C@@]3(C(=O)O)NC(=O)[C@@H]3C[C@@H](Oc4nc5cc(F)ccc5c5ccccc45)CN3C2=O)no1. The fourth-order valence-electron chi connectivity index (χ4n) is 7.00. The molecule has 0 bridgehead atoms. The van der Waals surface area contributed by atoms with Crippen LogP contribution < -0.4 is 15.4 Å². The molecule has 0 unspecified atom stereocenters. The van der Waals surface area contributed by atoms with Crippen LogP contribution in [0, 0.1) is 18.7 Å². The van der Waals surface area contributed by atoms with Crippen LogP contribution in [0.1, 0.15) is 61.2 Å². The van der Waals surface area contributed by atoms with Crippen molar-refractivity contribution in [3.63, 3.8) is 0 Å². The van der Waals surface area contributed by atoms with Crippen molar-refractivity contribution in [3.05, 3.63) is 78.0 Å². The summed E-state index contributed by atoms with van der Waals surface area (Å²) in [7, 11) is 0. The number of aliphatic carboxylic acids is 1. The number of carbonyl (C=O) groups excluding carboxylic acids is 3.